The lowest BCUT2D eigenvalue weighted by Gasteiger charge is -2.25. The van der Waals surface area contributed by atoms with Gasteiger partial charge in [0.15, 0.2) is 17.6 Å². The first-order valence-corrected chi connectivity index (χ1v) is 10.1. The predicted octanol–water partition coefficient (Wildman–Crippen LogP) is 4.65. The number of hydrogen-bond donors (Lipinski definition) is 0. The Labute approximate surface area is 184 Å². The molecule has 0 aromatic heterocycles. The van der Waals surface area contributed by atoms with E-state index in [2.05, 4.69) is 5.16 Å². The van der Waals surface area contributed by atoms with Gasteiger partial charge in [0.1, 0.15) is 0 Å². The minimum Gasteiger partial charge on any atom is -0.493 e. The Hall–Kier alpha value is -3.23. The fraction of sp³-hybridized carbons (Fsp3) is 0.391. The van der Waals surface area contributed by atoms with E-state index in [0.717, 1.165) is 17.7 Å². The van der Waals surface area contributed by atoms with Crippen LogP contribution >= 0.6 is 0 Å². The summed E-state index contributed by atoms with van der Waals surface area (Å²) in [4.78, 5) is 19.5. The van der Waals surface area contributed by atoms with Crippen molar-refractivity contribution in [2.24, 2.45) is 5.16 Å². The van der Waals surface area contributed by atoms with Gasteiger partial charge in [0.05, 0.1) is 32.0 Å². The average molecular weight is 450 g/mol. The van der Waals surface area contributed by atoms with E-state index in [1.807, 2.05) is 6.07 Å². The lowest BCUT2D eigenvalue weighted by molar-refractivity contribution is -0.137. The molecular formula is C23H25F3N2O4. The van der Waals surface area contributed by atoms with Crippen molar-refractivity contribution in [2.75, 3.05) is 20.8 Å². The second-order valence-electron chi connectivity index (χ2n) is 7.37. The van der Waals surface area contributed by atoms with Gasteiger partial charge in [-0.2, -0.15) is 13.2 Å². The van der Waals surface area contributed by atoms with Gasteiger partial charge in [-0.1, -0.05) is 24.2 Å². The predicted molar refractivity (Wildman–Crippen MR) is 113 cm³/mol. The van der Waals surface area contributed by atoms with Crippen LogP contribution in [-0.4, -0.2) is 43.4 Å². The third-order valence-electron chi connectivity index (χ3n) is 5.16. The number of benzene rings is 2. The Kier molecular flexibility index (Phi) is 7.27. The summed E-state index contributed by atoms with van der Waals surface area (Å²) in [6.45, 7) is 1.98. The summed E-state index contributed by atoms with van der Waals surface area (Å²) >= 11 is 0. The second kappa shape index (κ2) is 9.93. The Morgan fingerprint density at radius 2 is 1.91 bits per heavy atom. The lowest BCUT2D eigenvalue weighted by Crippen LogP contribution is -2.37. The zero-order valence-corrected chi connectivity index (χ0v) is 18.1. The summed E-state index contributed by atoms with van der Waals surface area (Å²) in [5, 5.41) is 4.14. The van der Waals surface area contributed by atoms with Gasteiger partial charge in [0, 0.05) is 24.9 Å². The zero-order chi connectivity index (χ0) is 23.3. The average Bonchev–Trinajstić information content (AvgIpc) is 3.25. The highest BCUT2D eigenvalue weighted by Gasteiger charge is 2.31. The normalized spacial score (nSPS) is 15.7. The largest absolute Gasteiger partial charge is 0.493 e. The van der Waals surface area contributed by atoms with E-state index in [0.29, 0.717) is 29.2 Å². The summed E-state index contributed by atoms with van der Waals surface area (Å²) in [5.74, 6) is 0.974. The molecule has 0 spiro atoms. The van der Waals surface area contributed by atoms with Crippen LogP contribution in [0.5, 0.6) is 11.5 Å². The number of hydrogen-bond acceptors (Lipinski definition) is 5. The van der Waals surface area contributed by atoms with Crippen molar-refractivity contribution in [1.29, 1.82) is 0 Å². The van der Waals surface area contributed by atoms with Gasteiger partial charge in [-0.15, -0.1) is 0 Å². The van der Waals surface area contributed by atoms with Crippen molar-refractivity contribution in [3.05, 3.63) is 59.2 Å². The van der Waals surface area contributed by atoms with Crippen molar-refractivity contribution >= 4 is 11.6 Å². The number of ether oxygens (including phenoxy) is 2. The molecule has 2 aromatic carbocycles. The van der Waals surface area contributed by atoms with Crippen LogP contribution in [0.4, 0.5) is 13.2 Å². The summed E-state index contributed by atoms with van der Waals surface area (Å²) < 4.78 is 49.7. The fourth-order valence-electron chi connectivity index (χ4n) is 3.50. The number of rotatable bonds is 8. The molecule has 9 heteroatoms. The molecule has 1 aliphatic heterocycles. The molecule has 0 saturated carbocycles. The van der Waals surface area contributed by atoms with Gasteiger partial charge >= 0.3 is 6.18 Å². The molecule has 0 radical (unpaired) electrons. The number of carbonyl (C=O) groups is 1. The Morgan fingerprint density at radius 3 is 2.56 bits per heavy atom. The van der Waals surface area contributed by atoms with E-state index in [4.69, 9.17) is 14.3 Å². The second-order valence-corrected chi connectivity index (χ2v) is 7.37. The molecule has 0 N–H and O–H groups in total. The van der Waals surface area contributed by atoms with Gasteiger partial charge in [-0.3, -0.25) is 4.79 Å². The first kappa shape index (κ1) is 23.4. The van der Waals surface area contributed by atoms with Crippen molar-refractivity contribution in [2.45, 2.75) is 38.6 Å². The number of oxime groups is 1. The monoisotopic (exact) mass is 450 g/mol. The molecular weight excluding hydrogens is 425 g/mol. The van der Waals surface area contributed by atoms with Crippen LogP contribution in [0.1, 0.15) is 36.5 Å². The van der Waals surface area contributed by atoms with Crippen molar-refractivity contribution in [3.8, 4) is 11.5 Å². The highest BCUT2D eigenvalue weighted by Crippen LogP contribution is 2.31. The Morgan fingerprint density at radius 1 is 1.16 bits per heavy atom. The Bertz CT molecular complexity index is 991. The number of amides is 1. The zero-order valence-electron chi connectivity index (χ0n) is 18.1. The van der Waals surface area contributed by atoms with Gasteiger partial charge < -0.3 is 19.2 Å². The van der Waals surface area contributed by atoms with E-state index in [9.17, 15) is 18.0 Å². The molecule has 6 nitrogen and oxygen atoms in total. The van der Waals surface area contributed by atoms with E-state index >= 15 is 0 Å². The molecule has 1 aliphatic rings. The molecule has 0 unspecified atom stereocenters. The summed E-state index contributed by atoms with van der Waals surface area (Å²) in [6.07, 6.45) is -4.16. The SMILES string of the molecule is CCC(=O)N(Cc1cccc(C(F)(F)F)c1)C[C@@H]1CC(c2ccc(OC)c(OC)c2)=NO1. The molecule has 0 aliphatic carbocycles. The highest BCUT2D eigenvalue weighted by atomic mass is 19.4. The molecule has 1 heterocycles. The van der Waals surface area contributed by atoms with Crippen molar-refractivity contribution < 1.29 is 32.3 Å². The van der Waals surface area contributed by atoms with E-state index in [1.54, 1.807) is 39.3 Å². The molecule has 32 heavy (non-hydrogen) atoms. The van der Waals surface area contributed by atoms with Crippen LogP contribution in [0.3, 0.4) is 0 Å². The van der Waals surface area contributed by atoms with Crippen LogP contribution in [0, 0.1) is 0 Å². The fourth-order valence-corrected chi connectivity index (χ4v) is 3.50. The molecule has 1 amide bonds. The van der Waals surface area contributed by atoms with Crippen LogP contribution in [-0.2, 0) is 22.4 Å². The smallest absolute Gasteiger partial charge is 0.416 e. The number of nitrogens with zero attached hydrogens (tertiary/aromatic N) is 2. The standard InChI is InChI=1S/C23H25F3N2O4/c1-4-22(29)28(13-15-6-5-7-17(10-15)23(24,25)26)14-18-12-19(27-32-18)16-8-9-20(30-2)21(11-16)31-3/h5-11,18H,4,12-14H2,1-3H3/t18-/m0/s1. The van der Waals surface area contributed by atoms with E-state index in [1.165, 1.54) is 11.0 Å². The molecule has 172 valence electrons. The first-order chi connectivity index (χ1) is 15.2. The van der Waals surface area contributed by atoms with Gasteiger partial charge in [-0.05, 0) is 35.9 Å². The Balaban J connectivity index is 1.70. The third kappa shape index (κ3) is 5.52. The van der Waals surface area contributed by atoms with Crippen LogP contribution in [0.25, 0.3) is 0 Å². The number of carbonyl (C=O) groups excluding carboxylic acids is 1. The molecule has 0 fully saturated rings. The molecule has 3 rings (SSSR count). The summed E-state index contributed by atoms with van der Waals surface area (Å²) in [5.41, 5.74) is 1.16. The number of methoxy groups -OCH3 is 2. The number of alkyl halides is 3. The maximum atomic E-state index is 13.0. The maximum absolute atomic E-state index is 13.0. The quantitative estimate of drug-likeness (QED) is 0.587. The third-order valence-corrected chi connectivity index (χ3v) is 5.16. The van der Waals surface area contributed by atoms with Crippen LogP contribution < -0.4 is 9.47 Å². The summed E-state index contributed by atoms with van der Waals surface area (Å²) in [6, 6.07) is 10.4. The van der Waals surface area contributed by atoms with E-state index < -0.39 is 17.8 Å². The van der Waals surface area contributed by atoms with Crippen molar-refractivity contribution in [3.63, 3.8) is 0 Å². The molecule has 0 bridgehead atoms. The minimum atomic E-state index is -4.44. The van der Waals surface area contributed by atoms with Crippen LogP contribution in [0.2, 0.25) is 0 Å². The molecule has 0 saturated heterocycles. The molecule has 2 aromatic rings. The van der Waals surface area contributed by atoms with Crippen molar-refractivity contribution in [1.82, 2.24) is 4.90 Å². The topological polar surface area (TPSA) is 60.4 Å². The highest BCUT2D eigenvalue weighted by molar-refractivity contribution is 6.01. The van der Waals surface area contributed by atoms with Crippen LogP contribution in [0.15, 0.2) is 47.6 Å². The van der Waals surface area contributed by atoms with E-state index in [-0.39, 0.29) is 25.4 Å². The minimum absolute atomic E-state index is 0.0577. The first-order valence-electron chi connectivity index (χ1n) is 10.1. The van der Waals surface area contributed by atoms with Gasteiger partial charge in [0.2, 0.25) is 5.91 Å². The maximum Gasteiger partial charge on any atom is 0.416 e. The number of halogens is 3. The summed E-state index contributed by atoms with van der Waals surface area (Å²) in [7, 11) is 3.09. The van der Waals surface area contributed by atoms with Gasteiger partial charge in [0.25, 0.3) is 0 Å². The van der Waals surface area contributed by atoms with Gasteiger partial charge in [-0.25, -0.2) is 0 Å². The molecule has 1 atom stereocenters. The lowest BCUT2D eigenvalue weighted by atomic mass is 10.0.